The average molecular weight is 388 g/mol. The minimum atomic E-state index is 0.0687. The fraction of sp³-hybridized carbons (Fsp3) is 0.400. The Hall–Kier alpha value is -2.59. The quantitative estimate of drug-likeness (QED) is 0.695. The molecule has 0 radical (unpaired) electrons. The number of H-pyrrole nitrogens is 1. The molecule has 2 aliphatic rings. The van der Waals surface area contributed by atoms with E-state index in [-0.39, 0.29) is 11.9 Å². The lowest BCUT2D eigenvalue weighted by Gasteiger charge is -2.32. The van der Waals surface area contributed by atoms with Crippen LogP contribution in [-0.4, -0.2) is 34.9 Å². The predicted molar refractivity (Wildman–Crippen MR) is 117 cm³/mol. The highest BCUT2D eigenvalue weighted by Gasteiger charge is 2.22. The molecule has 2 N–H and O–H groups in total. The Labute approximate surface area is 172 Å². The molecule has 0 spiro atoms. The van der Waals surface area contributed by atoms with Gasteiger partial charge in [-0.05, 0) is 67.9 Å². The van der Waals surface area contributed by atoms with Gasteiger partial charge in [-0.25, -0.2) is 0 Å². The maximum absolute atomic E-state index is 12.9. The van der Waals surface area contributed by atoms with Crippen LogP contribution in [0.4, 0.5) is 0 Å². The van der Waals surface area contributed by atoms with E-state index in [0.717, 1.165) is 50.9 Å². The molecule has 29 heavy (non-hydrogen) atoms. The van der Waals surface area contributed by atoms with Crippen LogP contribution >= 0.6 is 0 Å². The Bertz CT molecular complexity index is 1000. The number of carbonyl (C=O) groups is 1. The number of piperidine rings is 1. The second kappa shape index (κ2) is 8.03. The molecule has 2 heterocycles. The molecule has 1 amide bonds. The van der Waals surface area contributed by atoms with E-state index in [1.807, 2.05) is 6.07 Å². The Morgan fingerprint density at radius 1 is 1.03 bits per heavy atom. The van der Waals surface area contributed by atoms with E-state index in [4.69, 9.17) is 0 Å². The molecule has 5 rings (SSSR count). The van der Waals surface area contributed by atoms with Crippen molar-refractivity contribution in [3.05, 3.63) is 70.9 Å². The maximum Gasteiger partial charge on any atom is 0.251 e. The lowest BCUT2D eigenvalue weighted by atomic mass is 9.95. The highest BCUT2D eigenvalue weighted by Crippen LogP contribution is 2.29. The second-order valence-electron chi connectivity index (χ2n) is 8.56. The van der Waals surface area contributed by atoms with Crippen LogP contribution in [0.15, 0.2) is 48.5 Å². The van der Waals surface area contributed by atoms with Crippen LogP contribution in [-0.2, 0) is 19.4 Å². The molecule has 1 saturated heterocycles. The minimum Gasteiger partial charge on any atom is -0.358 e. The highest BCUT2D eigenvalue weighted by atomic mass is 16.1. The van der Waals surface area contributed by atoms with E-state index >= 15 is 0 Å². The summed E-state index contributed by atoms with van der Waals surface area (Å²) >= 11 is 0. The number of aromatic amines is 1. The van der Waals surface area contributed by atoms with Gasteiger partial charge in [-0.2, -0.15) is 0 Å². The summed E-state index contributed by atoms with van der Waals surface area (Å²) in [6.45, 7) is 3.06. The summed E-state index contributed by atoms with van der Waals surface area (Å²) in [6.07, 6.45) is 6.79. The molecular formula is C25H29N3O. The maximum atomic E-state index is 12.9. The first-order valence-electron chi connectivity index (χ1n) is 11.0. The Morgan fingerprint density at radius 3 is 2.66 bits per heavy atom. The number of hydrogen-bond donors (Lipinski definition) is 2. The molecule has 1 aliphatic heterocycles. The monoisotopic (exact) mass is 387 g/mol. The van der Waals surface area contributed by atoms with Gasteiger partial charge in [-0.15, -0.1) is 0 Å². The fourth-order valence-electron chi connectivity index (χ4n) is 4.89. The zero-order valence-corrected chi connectivity index (χ0v) is 16.9. The van der Waals surface area contributed by atoms with E-state index < -0.39 is 0 Å². The van der Waals surface area contributed by atoms with Gasteiger partial charge in [0.2, 0.25) is 0 Å². The van der Waals surface area contributed by atoms with Gasteiger partial charge >= 0.3 is 0 Å². The number of likely N-dealkylation sites (tertiary alicyclic amines) is 1. The molecule has 1 aromatic heterocycles. The summed E-state index contributed by atoms with van der Waals surface area (Å²) in [7, 11) is 0. The van der Waals surface area contributed by atoms with E-state index in [9.17, 15) is 4.79 Å². The van der Waals surface area contributed by atoms with Crippen molar-refractivity contribution < 1.29 is 4.79 Å². The molecule has 2 aromatic carbocycles. The van der Waals surface area contributed by atoms with E-state index in [1.165, 1.54) is 40.6 Å². The number of fused-ring (bicyclic) bond motifs is 3. The number of amides is 1. The van der Waals surface area contributed by atoms with Gasteiger partial charge in [0.1, 0.15) is 0 Å². The lowest BCUT2D eigenvalue weighted by Crippen LogP contribution is -2.44. The van der Waals surface area contributed by atoms with Crippen molar-refractivity contribution in [3.63, 3.8) is 0 Å². The fourth-order valence-corrected chi connectivity index (χ4v) is 4.89. The molecule has 4 nitrogen and oxygen atoms in total. The zero-order valence-electron chi connectivity index (χ0n) is 16.9. The van der Waals surface area contributed by atoms with Crippen molar-refractivity contribution in [1.82, 2.24) is 15.2 Å². The number of nitrogens with zero attached hydrogens (tertiary/aromatic N) is 1. The first-order valence-corrected chi connectivity index (χ1v) is 11.0. The summed E-state index contributed by atoms with van der Waals surface area (Å²) in [5, 5.41) is 4.52. The largest absolute Gasteiger partial charge is 0.358 e. The molecule has 1 aliphatic carbocycles. The number of nitrogens with one attached hydrogen (secondary N) is 2. The van der Waals surface area contributed by atoms with Gasteiger partial charge in [-0.1, -0.05) is 30.3 Å². The molecular weight excluding hydrogens is 358 g/mol. The molecule has 0 atom stereocenters. The number of aromatic nitrogens is 1. The van der Waals surface area contributed by atoms with Crippen molar-refractivity contribution in [1.29, 1.82) is 0 Å². The van der Waals surface area contributed by atoms with Crippen LogP contribution in [0.1, 0.15) is 52.9 Å². The minimum absolute atomic E-state index is 0.0687. The van der Waals surface area contributed by atoms with Crippen molar-refractivity contribution >= 4 is 16.8 Å². The Morgan fingerprint density at radius 2 is 1.83 bits per heavy atom. The van der Waals surface area contributed by atoms with Crippen LogP contribution in [0.5, 0.6) is 0 Å². The van der Waals surface area contributed by atoms with Gasteiger partial charge in [0.25, 0.3) is 5.91 Å². The molecule has 3 aromatic rings. The average Bonchev–Trinajstić information content (AvgIpc) is 3.14. The second-order valence-corrected chi connectivity index (χ2v) is 8.56. The van der Waals surface area contributed by atoms with Crippen LogP contribution in [0.2, 0.25) is 0 Å². The van der Waals surface area contributed by atoms with Gasteiger partial charge < -0.3 is 10.3 Å². The summed E-state index contributed by atoms with van der Waals surface area (Å²) in [4.78, 5) is 18.9. The topological polar surface area (TPSA) is 48.1 Å². The number of aryl methyl sites for hydroxylation is 2. The van der Waals surface area contributed by atoms with E-state index in [2.05, 4.69) is 57.7 Å². The van der Waals surface area contributed by atoms with Crippen molar-refractivity contribution in [3.8, 4) is 0 Å². The smallest absolute Gasteiger partial charge is 0.251 e. The van der Waals surface area contributed by atoms with Crippen LogP contribution in [0.25, 0.3) is 10.9 Å². The third kappa shape index (κ3) is 3.95. The number of benzene rings is 2. The van der Waals surface area contributed by atoms with Crippen LogP contribution in [0, 0.1) is 0 Å². The molecule has 0 bridgehead atoms. The van der Waals surface area contributed by atoms with E-state index in [1.54, 1.807) is 0 Å². The van der Waals surface area contributed by atoms with Gasteiger partial charge in [0.05, 0.1) is 0 Å². The third-order valence-electron chi connectivity index (χ3n) is 6.53. The van der Waals surface area contributed by atoms with Crippen LogP contribution < -0.4 is 5.32 Å². The van der Waals surface area contributed by atoms with Gasteiger partial charge in [0, 0.05) is 47.8 Å². The first-order chi connectivity index (χ1) is 14.3. The van der Waals surface area contributed by atoms with Crippen molar-refractivity contribution in [2.24, 2.45) is 0 Å². The summed E-state index contributed by atoms with van der Waals surface area (Å²) in [5.41, 5.74) is 6.11. The number of rotatable bonds is 4. The molecule has 150 valence electrons. The Kier molecular flexibility index (Phi) is 5.11. The lowest BCUT2D eigenvalue weighted by molar-refractivity contribution is 0.0909. The van der Waals surface area contributed by atoms with Crippen molar-refractivity contribution in [2.45, 2.75) is 51.1 Å². The molecule has 4 heteroatoms. The zero-order chi connectivity index (χ0) is 19.6. The van der Waals surface area contributed by atoms with E-state index in [0.29, 0.717) is 0 Å². The number of carbonyl (C=O) groups excluding carboxylic acids is 1. The summed E-state index contributed by atoms with van der Waals surface area (Å²) < 4.78 is 0. The van der Waals surface area contributed by atoms with Crippen molar-refractivity contribution in [2.75, 3.05) is 13.1 Å². The normalized spacial score (nSPS) is 17.9. The molecule has 1 fully saturated rings. The summed E-state index contributed by atoms with van der Waals surface area (Å²) in [6, 6.07) is 17.0. The van der Waals surface area contributed by atoms with Gasteiger partial charge in [0.15, 0.2) is 0 Å². The van der Waals surface area contributed by atoms with Crippen LogP contribution in [0.3, 0.4) is 0 Å². The standard InChI is InChI=1S/C25H29N3O/c29-25(19-10-11-24-22(16-19)21-8-4-5-9-23(21)27-24)26-20-12-14-28(15-13-20)17-18-6-2-1-3-7-18/h1-3,6-7,10-11,16,20,27H,4-5,8-9,12-15,17H2,(H,26,29). The third-order valence-corrected chi connectivity index (χ3v) is 6.53. The first kappa shape index (κ1) is 18.4. The summed E-state index contributed by atoms with van der Waals surface area (Å²) in [5.74, 6) is 0.0687. The van der Waals surface area contributed by atoms with Gasteiger partial charge in [-0.3, -0.25) is 9.69 Å². The Balaban J connectivity index is 1.21. The molecule has 0 saturated carbocycles. The highest BCUT2D eigenvalue weighted by molar-refractivity contribution is 5.99. The number of hydrogen-bond acceptors (Lipinski definition) is 2. The molecule has 0 unspecified atom stereocenters. The SMILES string of the molecule is O=C(NC1CCN(Cc2ccccc2)CC1)c1ccc2[nH]c3c(c2c1)CCCC3. The predicted octanol–water partition coefficient (Wildman–Crippen LogP) is 4.44.